The predicted octanol–water partition coefficient (Wildman–Crippen LogP) is 5.99. The molecule has 0 radical (unpaired) electrons. The molecule has 0 saturated carbocycles. The lowest BCUT2D eigenvalue weighted by Gasteiger charge is -2.21. The Morgan fingerprint density at radius 3 is 1.65 bits per heavy atom. The lowest BCUT2D eigenvalue weighted by molar-refractivity contribution is 0.544. The van der Waals surface area contributed by atoms with Gasteiger partial charge in [-0.2, -0.15) is 0 Å². The molecule has 2 unspecified atom stereocenters. The van der Waals surface area contributed by atoms with E-state index in [1.807, 2.05) is 0 Å². The molecule has 0 amide bonds. The summed E-state index contributed by atoms with van der Waals surface area (Å²) < 4.78 is 0. The van der Waals surface area contributed by atoms with Crippen LogP contribution in [0.1, 0.15) is 60.8 Å². The molecule has 20 heavy (non-hydrogen) atoms. The zero-order chi connectivity index (χ0) is 14.5. The van der Waals surface area contributed by atoms with Crippen molar-refractivity contribution in [2.45, 2.75) is 52.4 Å². The van der Waals surface area contributed by atoms with Gasteiger partial charge in [-0.15, -0.1) is 0 Å². The van der Waals surface area contributed by atoms with Crippen LogP contribution in [-0.4, -0.2) is 0 Å². The van der Waals surface area contributed by atoms with Crippen LogP contribution in [0.5, 0.6) is 0 Å². The quantitative estimate of drug-likeness (QED) is 0.623. The summed E-state index contributed by atoms with van der Waals surface area (Å²) >= 11 is 0. The molecule has 0 N–H and O–H groups in total. The third kappa shape index (κ3) is 3.72. The van der Waals surface area contributed by atoms with Gasteiger partial charge in [0.05, 0.1) is 0 Å². The molecule has 0 heterocycles. The molecule has 0 fully saturated rings. The first-order chi connectivity index (χ1) is 9.60. The van der Waals surface area contributed by atoms with Gasteiger partial charge >= 0.3 is 0 Å². The van der Waals surface area contributed by atoms with Gasteiger partial charge in [0.25, 0.3) is 0 Å². The molecule has 2 aromatic carbocycles. The van der Waals surface area contributed by atoms with Crippen molar-refractivity contribution in [3.8, 4) is 0 Å². The largest absolute Gasteiger partial charge is 0.0648 e. The van der Waals surface area contributed by atoms with Gasteiger partial charge in [-0.25, -0.2) is 0 Å². The molecule has 0 heteroatoms. The summed E-state index contributed by atoms with van der Waals surface area (Å²) in [5.41, 5.74) is 5.62. The van der Waals surface area contributed by atoms with E-state index in [4.69, 9.17) is 0 Å². The highest BCUT2D eigenvalue weighted by molar-refractivity contribution is 5.27. The number of aryl methyl sites for hydroxylation is 2. The van der Waals surface area contributed by atoms with Gasteiger partial charge in [0.15, 0.2) is 0 Å². The highest BCUT2D eigenvalue weighted by Gasteiger charge is 2.15. The first-order valence-electron chi connectivity index (χ1n) is 7.73. The monoisotopic (exact) mass is 266 g/mol. The van der Waals surface area contributed by atoms with Crippen molar-refractivity contribution in [1.29, 1.82) is 0 Å². The summed E-state index contributed by atoms with van der Waals surface area (Å²) in [6, 6.07) is 18.1. The maximum absolute atomic E-state index is 2.35. The summed E-state index contributed by atoms with van der Waals surface area (Å²) in [6.07, 6.45) is 2.43. The van der Waals surface area contributed by atoms with Crippen molar-refractivity contribution in [1.82, 2.24) is 0 Å². The fourth-order valence-electron chi connectivity index (χ4n) is 2.83. The lowest BCUT2D eigenvalue weighted by Crippen LogP contribution is -2.04. The van der Waals surface area contributed by atoms with Crippen molar-refractivity contribution in [3.05, 3.63) is 70.8 Å². The van der Waals surface area contributed by atoms with E-state index in [0.717, 1.165) is 0 Å². The van der Waals surface area contributed by atoms with Crippen LogP contribution in [0.4, 0.5) is 0 Å². The Kier molecular flexibility index (Phi) is 5.00. The second kappa shape index (κ2) is 6.74. The topological polar surface area (TPSA) is 0 Å². The highest BCUT2D eigenvalue weighted by atomic mass is 14.2. The molecular weight excluding hydrogens is 240 g/mol. The van der Waals surface area contributed by atoms with Crippen LogP contribution in [0.3, 0.4) is 0 Å². The minimum Gasteiger partial charge on any atom is -0.0648 e. The predicted molar refractivity (Wildman–Crippen MR) is 88.4 cm³/mol. The van der Waals surface area contributed by atoms with Crippen LogP contribution in [0, 0.1) is 13.8 Å². The summed E-state index contributed by atoms with van der Waals surface area (Å²) in [4.78, 5) is 0. The number of rotatable bonds is 5. The molecule has 2 rings (SSSR count). The van der Waals surface area contributed by atoms with E-state index in [0.29, 0.717) is 11.8 Å². The Hall–Kier alpha value is -1.56. The summed E-state index contributed by atoms with van der Waals surface area (Å²) in [5, 5.41) is 0. The standard InChI is InChI=1S/C20H26/c1-5-18(20-12-8-16(3)9-13-20)14-17(4)19-10-6-15(2)7-11-19/h6-13,17-18H,5,14H2,1-4H3. The number of benzene rings is 2. The lowest BCUT2D eigenvalue weighted by atomic mass is 9.84. The van der Waals surface area contributed by atoms with E-state index < -0.39 is 0 Å². The molecule has 0 saturated heterocycles. The molecule has 0 spiro atoms. The zero-order valence-electron chi connectivity index (χ0n) is 13.2. The van der Waals surface area contributed by atoms with Gasteiger partial charge in [0.1, 0.15) is 0 Å². The molecule has 0 aliphatic carbocycles. The Labute approximate surface area is 123 Å². The summed E-state index contributed by atoms with van der Waals surface area (Å²) in [5.74, 6) is 1.27. The third-order valence-electron chi connectivity index (χ3n) is 4.33. The van der Waals surface area contributed by atoms with Gasteiger partial charge in [-0.3, -0.25) is 0 Å². The van der Waals surface area contributed by atoms with Gasteiger partial charge < -0.3 is 0 Å². The normalized spacial score (nSPS) is 14.0. The second-order valence-electron chi connectivity index (χ2n) is 6.06. The van der Waals surface area contributed by atoms with Gasteiger partial charge in [-0.1, -0.05) is 73.5 Å². The molecular formula is C20H26. The van der Waals surface area contributed by atoms with Crippen LogP contribution in [-0.2, 0) is 0 Å². The summed E-state index contributed by atoms with van der Waals surface area (Å²) in [7, 11) is 0. The third-order valence-corrected chi connectivity index (χ3v) is 4.33. The first-order valence-corrected chi connectivity index (χ1v) is 7.73. The smallest absolute Gasteiger partial charge is 0.0159 e. The fourth-order valence-corrected chi connectivity index (χ4v) is 2.83. The maximum atomic E-state index is 2.35. The Bertz CT molecular complexity index is 519. The Morgan fingerprint density at radius 1 is 0.750 bits per heavy atom. The molecule has 0 aromatic heterocycles. The second-order valence-corrected chi connectivity index (χ2v) is 6.06. The molecule has 0 aliphatic heterocycles. The SMILES string of the molecule is CCC(CC(C)c1ccc(C)cc1)c1ccc(C)cc1. The maximum Gasteiger partial charge on any atom is -0.0159 e. The Balaban J connectivity index is 2.09. The van der Waals surface area contributed by atoms with Crippen LogP contribution >= 0.6 is 0 Å². The van der Waals surface area contributed by atoms with Gasteiger partial charge in [-0.05, 0) is 49.7 Å². The first kappa shape index (κ1) is 14.8. The van der Waals surface area contributed by atoms with Crippen LogP contribution in [0.25, 0.3) is 0 Å². The van der Waals surface area contributed by atoms with E-state index in [1.54, 1.807) is 0 Å². The minimum atomic E-state index is 0.613. The van der Waals surface area contributed by atoms with Crippen LogP contribution in [0.15, 0.2) is 48.5 Å². The van der Waals surface area contributed by atoms with E-state index in [2.05, 4.69) is 76.2 Å². The van der Waals surface area contributed by atoms with Crippen molar-refractivity contribution < 1.29 is 0 Å². The average Bonchev–Trinajstić information content (AvgIpc) is 2.46. The molecule has 2 atom stereocenters. The van der Waals surface area contributed by atoms with E-state index >= 15 is 0 Å². The van der Waals surface area contributed by atoms with E-state index in [9.17, 15) is 0 Å². The minimum absolute atomic E-state index is 0.613. The van der Waals surface area contributed by atoms with E-state index in [-0.39, 0.29) is 0 Å². The Morgan fingerprint density at radius 2 is 1.20 bits per heavy atom. The zero-order valence-corrected chi connectivity index (χ0v) is 13.2. The van der Waals surface area contributed by atoms with Crippen molar-refractivity contribution in [3.63, 3.8) is 0 Å². The molecule has 2 aromatic rings. The molecule has 0 nitrogen and oxygen atoms in total. The van der Waals surface area contributed by atoms with Crippen molar-refractivity contribution >= 4 is 0 Å². The van der Waals surface area contributed by atoms with Gasteiger partial charge in [0.2, 0.25) is 0 Å². The molecule has 0 bridgehead atoms. The van der Waals surface area contributed by atoms with Crippen LogP contribution in [0.2, 0.25) is 0 Å². The number of hydrogen-bond acceptors (Lipinski definition) is 0. The fraction of sp³-hybridized carbons (Fsp3) is 0.400. The van der Waals surface area contributed by atoms with Gasteiger partial charge in [0, 0.05) is 0 Å². The van der Waals surface area contributed by atoms with Crippen LogP contribution < -0.4 is 0 Å². The molecule has 0 aliphatic rings. The number of hydrogen-bond donors (Lipinski definition) is 0. The van der Waals surface area contributed by atoms with E-state index in [1.165, 1.54) is 35.1 Å². The van der Waals surface area contributed by atoms with Crippen molar-refractivity contribution in [2.75, 3.05) is 0 Å². The van der Waals surface area contributed by atoms with Crippen molar-refractivity contribution in [2.24, 2.45) is 0 Å². The molecule has 106 valence electrons. The average molecular weight is 266 g/mol. The highest BCUT2D eigenvalue weighted by Crippen LogP contribution is 2.32. The summed E-state index contributed by atoms with van der Waals surface area (Å²) in [6.45, 7) is 8.95.